The van der Waals surface area contributed by atoms with Gasteiger partial charge in [0.15, 0.2) is 0 Å². The minimum Gasteiger partial charge on any atom is -0.472 e. The lowest BCUT2D eigenvalue weighted by Crippen LogP contribution is -2.50. The van der Waals surface area contributed by atoms with Crippen molar-refractivity contribution >= 4 is 17.3 Å². The summed E-state index contributed by atoms with van der Waals surface area (Å²) in [7, 11) is 2.17. The first-order valence-corrected chi connectivity index (χ1v) is 9.06. The van der Waals surface area contributed by atoms with Crippen molar-refractivity contribution in [1.82, 2.24) is 10.2 Å². The summed E-state index contributed by atoms with van der Waals surface area (Å²) in [6.45, 7) is 0. The Balaban J connectivity index is 1.49. The van der Waals surface area contributed by atoms with E-state index in [-0.39, 0.29) is 17.7 Å². The highest BCUT2D eigenvalue weighted by Crippen LogP contribution is 2.34. The fourth-order valence-corrected chi connectivity index (χ4v) is 4.29. The molecule has 1 aromatic heterocycles. The average Bonchev–Trinajstić information content (AvgIpc) is 3.22. The van der Waals surface area contributed by atoms with Gasteiger partial charge in [-0.25, -0.2) is 0 Å². The highest BCUT2D eigenvalue weighted by atomic mass is 16.3. The first kappa shape index (κ1) is 16.8. The lowest BCUT2D eigenvalue weighted by Gasteiger charge is -2.36. The van der Waals surface area contributed by atoms with E-state index in [0.717, 1.165) is 24.0 Å². The number of anilines is 1. The lowest BCUT2D eigenvalue weighted by atomic mass is 9.96. The number of hydrogen-bond acceptors (Lipinski definition) is 5. The predicted molar refractivity (Wildman–Crippen MR) is 101 cm³/mol. The molecule has 3 heterocycles. The zero-order valence-corrected chi connectivity index (χ0v) is 14.9. The van der Waals surface area contributed by atoms with E-state index < -0.39 is 0 Å². The first-order chi connectivity index (χ1) is 12.5. The molecule has 2 aliphatic heterocycles. The molecule has 4 rings (SSSR count). The summed E-state index contributed by atoms with van der Waals surface area (Å²) in [6.07, 6.45) is 7.54. The Morgan fingerprint density at radius 3 is 2.62 bits per heavy atom. The van der Waals surface area contributed by atoms with E-state index >= 15 is 0 Å². The smallest absolute Gasteiger partial charge is 0.270 e. The quantitative estimate of drug-likeness (QED) is 0.582. The van der Waals surface area contributed by atoms with Crippen LogP contribution in [0.15, 0.2) is 41.2 Å². The third-order valence-corrected chi connectivity index (χ3v) is 5.84. The molecule has 0 spiro atoms. The van der Waals surface area contributed by atoms with Crippen LogP contribution in [-0.4, -0.2) is 41.7 Å². The normalized spacial score (nSPS) is 25.2. The number of nitrogens with zero attached hydrogens (tertiary/aromatic N) is 1. The van der Waals surface area contributed by atoms with Crippen molar-refractivity contribution in [2.45, 2.75) is 43.8 Å². The number of nitrogens with one attached hydrogen (secondary N) is 2. The summed E-state index contributed by atoms with van der Waals surface area (Å²) in [6, 6.07) is 8.44. The van der Waals surface area contributed by atoms with Crippen molar-refractivity contribution in [3.63, 3.8) is 0 Å². The zero-order valence-electron chi connectivity index (χ0n) is 14.9. The van der Waals surface area contributed by atoms with E-state index in [2.05, 4.69) is 17.3 Å². The molecule has 26 heavy (non-hydrogen) atoms. The second-order valence-electron chi connectivity index (χ2n) is 7.38. The minimum atomic E-state index is -0.352. The molecule has 2 saturated heterocycles. The summed E-state index contributed by atoms with van der Waals surface area (Å²) >= 11 is 0. The third-order valence-electron chi connectivity index (χ3n) is 5.84. The Kier molecular flexibility index (Phi) is 4.28. The number of fused-ring (bicyclic) bond motifs is 2. The molecular weight excluding hydrogens is 328 g/mol. The number of carbonyl (C=O) groups excluding carboxylic acids is 1. The minimum absolute atomic E-state index is 0.0841. The number of hydrogen-bond donors (Lipinski definition) is 3. The Morgan fingerprint density at radius 2 is 1.96 bits per heavy atom. The molecular formula is C20H24N4O2. The zero-order chi connectivity index (χ0) is 18.3. The molecule has 1 amide bonds. The molecule has 0 saturated carbocycles. The molecule has 0 radical (unpaired) electrons. The number of benzene rings is 1. The van der Waals surface area contributed by atoms with E-state index in [4.69, 9.17) is 15.6 Å². The topological polar surface area (TPSA) is 95.4 Å². The number of piperidine rings is 1. The summed E-state index contributed by atoms with van der Waals surface area (Å²) in [5, 5.41) is 11.4. The van der Waals surface area contributed by atoms with Crippen molar-refractivity contribution in [3.05, 3.63) is 42.4 Å². The van der Waals surface area contributed by atoms with Crippen LogP contribution in [0.2, 0.25) is 0 Å². The molecule has 4 N–H and O–H groups in total. The van der Waals surface area contributed by atoms with Gasteiger partial charge in [0.1, 0.15) is 5.71 Å². The van der Waals surface area contributed by atoms with Crippen LogP contribution in [0.4, 0.5) is 5.69 Å². The van der Waals surface area contributed by atoms with Gasteiger partial charge < -0.3 is 20.4 Å². The summed E-state index contributed by atoms with van der Waals surface area (Å²) in [5.74, 6) is -0.352. The summed E-state index contributed by atoms with van der Waals surface area (Å²) in [4.78, 5) is 15.1. The van der Waals surface area contributed by atoms with Crippen LogP contribution in [0.3, 0.4) is 0 Å². The molecule has 6 heteroatoms. The van der Waals surface area contributed by atoms with Gasteiger partial charge in [0.2, 0.25) is 0 Å². The maximum Gasteiger partial charge on any atom is 0.270 e. The molecule has 2 aliphatic rings. The van der Waals surface area contributed by atoms with Gasteiger partial charge in [-0.05, 0) is 56.5 Å². The van der Waals surface area contributed by atoms with Crippen molar-refractivity contribution in [3.8, 4) is 11.1 Å². The largest absolute Gasteiger partial charge is 0.472 e. The van der Waals surface area contributed by atoms with E-state index in [9.17, 15) is 4.79 Å². The van der Waals surface area contributed by atoms with Crippen molar-refractivity contribution in [2.75, 3.05) is 12.8 Å². The molecule has 136 valence electrons. The average molecular weight is 352 g/mol. The number of nitrogen functional groups attached to an aromatic ring is 1. The highest BCUT2D eigenvalue weighted by molar-refractivity contribution is 6.45. The van der Waals surface area contributed by atoms with E-state index in [1.807, 2.05) is 12.1 Å². The van der Waals surface area contributed by atoms with Gasteiger partial charge >= 0.3 is 0 Å². The molecule has 2 fully saturated rings. The van der Waals surface area contributed by atoms with Gasteiger partial charge in [0.05, 0.1) is 12.5 Å². The van der Waals surface area contributed by atoms with Crippen molar-refractivity contribution < 1.29 is 9.21 Å². The number of rotatable bonds is 4. The monoisotopic (exact) mass is 352 g/mol. The molecule has 1 aromatic carbocycles. The van der Waals surface area contributed by atoms with Gasteiger partial charge in [-0.3, -0.25) is 10.2 Å². The second-order valence-corrected chi connectivity index (χ2v) is 7.38. The van der Waals surface area contributed by atoms with Crippen LogP contribution in [0.1, 0.15) is 31.2 Å². The highest BCUT2D eigenvalue weighted by Gasteiger charge is 2.39. The lowest BCUT2D eigenvalue weighted by molar-refractivity contribution is -0.115. The predicted octanol–water partition coefficient (Wildman–Crippen LogP) is 2.64. The molecule has 2 bridgehead atoms. The van der Waals surface area contributed by atoms with Crippen LogP contribution in [0.5, 0.6) is 0 Å². The van der Waals surface area contributed by atoms with Crippen LogP contribution in [0.25, 0.3) is 11.1 Å². The Hall–Kier alpha value is -2.60. The van der Waals surface area contributed by atoms with Crippen LogP contribution in [-0.2, 0) is 4.79 Å². The molecule has 6 nitrogen and oxygen atoms in total. The van der Waals surface area contributed by atoms with Gasteiger partial charge in [-0.15, -0.1) is 0 Å². The van der Waals surface area contributed by atoms with Crippen molar-refractivity contribution in [2.24, 2.45) is 0 Å². The molecule has 0 aliphatic carbocycles. The fraction of sp³-hybridized carbons (Fsp3) is 0.400. The number of carbonyl (C=O) groups is 1. The fourth-order valence-electron chi connectivity index (χ4n) is 4.29. The Labute approximate surface area is 152 Å². The van der Waals surface area contributed by atoms with Gasteiger partial charge in [-0.1, -0.05) is 6.07 Å². The maximum absolute atomic E-state index is 12.7. The van der Waals surface area contributed by atoms with E-state index in [1.165, 1.54) is 12.8 Å². The van der Waals surface area contributed by atoms with Crippen LogP contribution < -0.4 is 11.1 Å². The maximum atomic E-state index is 12.7. The Morgan fingerprint density at radius 1 is 1.23 bits per heavy atom. The number of amides is 1. The van der Waals surface area contributed by atoms with Gasteiger partial charge in [0.25, 0.3) is 5.91 Å². The number of nitrogens with two attached hydrogens (primary N) is 1. The van der Waals surface area contributed by atoms with Gasteiger partial charge in [-0.2, -0.15) is 0 Å². The molecule has 2 aromatic rings. The molecule has 2 unspecified atom stereocenters. The third kappa shape index (κ3) is 3.01. The van der Waals surface area contributed by atoms with Crippen molar-refractivity contribution in [1.29, 1.82) is 5.41 Å². The van der Waals surface area contributed by atoms with E-state index in [0.29, 0.717) is 23.3 Å². The SMILES string of the molecule is CN1C2CCC1CC(NC(=O)C(=N)c1cc(-c3ccoc3)ccc1N)C2. The second kappa shape index (κ2) is 6.61. The Bertz CT molecular complexity index is 816. The first-order valence-electron chi connectivity index (χ1n) is 9.06. The van der Waals surface area contributed by atoms with Crippen LogP contribution >= 0.6 is 0 Å². The summed E-state index contributed by atoms with van der Waals surface area (Å²) < 4.78 is 5.11. The van der Waals surface area contributed by atoms with Gasteiger partial charge in [0, 0.05) is 34.9 Å². The molecule has 2 atom stereocenters. The van der Waals surface area contributed by atoms with Crippen LogP contribution in [0, 0.1) is 5.41 Å². The summed E-state index contributed by atoms with van der Waals surface area (Å²) in [5.41, 5.74) is 8.61. The van der Waals surface area contributed by atoms with E-state index in [1.54, 1.807) is 24.7 Å². The number of furan rings is 1. The standard InChI is InChI=1S/C20H24N4O2/c1-24-15-3-4-16(24)10-14(9-15)23-20(25)19(22)17-8-12(2-5-18(17)21)13-6-7-26-11-13/h2,5-8,11,14-16,22H,3-4,9-10,21H2,1H3,(H,23,25).